The minimum absolute atomic E-state index is 0.692. The quantitative estimate of drug-likeness (QED) is 0.844. The van der Waals surface area contributed by atoms with E-state index in [1.807, 2.05) is 25.1 Å². The first-order valence-corrected chi connectivity index (χ1v) is 5.59. The standard InChI is InChI=1S/C10H10ClN3S/c1-6-2-3-7(11)4-8(6)14-10-13-5-9(12)15-10/h2-5H,12H2,1H3,(H,13,14). The molecule has 0 aliphatic heterocycles. The number of hydrogen-bond donors (Lipinski definition) is 2. The second-order valence-corrected chi connectivity index (χ2v) is 4.65. The highest BCUT2D eigenvalue weighted by molar-refractivity contribution is 7.19. The predicted molar refractivity (Wildman–Crippen MR) is 66.0 cm³/mol. The zero-order valence-electron chi connectivity index (χ0n) is 8.12. The second-order valence-electron chi connectivity index (χ2n) is 3.15. The van der Waals surface area contributed by atoms with Crippen LogP contribution in [0.25, 0.3) is 0 Å². The summed E-state index contributed by atoms with van der Waals surface area (Å²) in [5.74, 6) is 0. The summed E-state index contributed by atoms with van der Waals surface area (Å²) in [6, 6.07) is 5.69. The fourth-order valence-electron chi connectivity index (χ4n) is 1.19. The van der Waals surface area contributed by atoms with Gasteiger partial charge in [0.15, 0.2) is 5.13 Å². The van der Waals surface area contributed by atoms with Crippen LogP contribution >= 0.6 is 22.9 Å². The van der Waals surface area contributed by atoms with Gasteiger partial charge >= 0.3 is 0 Å². The minimum atomic E-state index is 0.692. The van der Waals surface area contributed by atoms with E-state index in [0.29, 0.717) is 10.0 Å². The van der Waals surface area contributed by atoms with Crippen LogP contribution in [-0.4, -0.2) is 4.98 Å². The molecule has 0 aliphatic rings. The van der Waals surface area contributed by atoms with E-state index < -0.39 is 0 Å². The molecule has 2 rings (SSSR count). The largest absolute Gasteiger partial charge is 0.389 e. The van der Waals surface area contributed by atoms with Crippen molar-refractivity contribution in [3.05, 3.63) is 35.0 Å². The maximum atomic E-state index is 5.91. The lowest BCUT2D eigenvalue weighted by Crippen LogP contribution is -1.91. The number of thiazole rings is 1. The summed E-state index contributed by atoms with van der Waals surface area (Å²) in [5, 5.41) is 5.35. The summed E-state index contributed by atoms with van der Waals surface area (Å²) in [4.78, 5) is 4.12. The summed E-state index contributed by atoms with van der Waals surface area (Å²) >= 11 is 7.32. The Hall–Kier alpha value is -1.26. The molecule has 0 amide bonds. The highest BCUT2D eigenvalue weighted by Crippen LogP contribution is 2.27. The summed E-state index contributed by atoms with van der Waals surface area (Å²) in [6.45, 7) is 2.01. The summed E-state index contributed by atoms with van der Waals surface area (Å²) in [7, 11) is 0. The van der Waals surface area contributed by atoms with Gasteiger partial charge in [-0.3, -0.25) is 0 Å². The topological polar surface area (TPSA) is 50.9 Å². The Morgan fingerprint density at radius 3 is 2.93 bits per heavy atom. The Morgan fingerprint density at radius 1 is 1.47 bits per heavy atom. The van der Waals surface area contributed by atoms with Gasteiger partial charge in [-0.1, -0.05) is 29.0 Å². The Morgan fingerprint density at radius 2 is 2.27 bits per heavy atom. The highest BCUT2D eigenvalue weighted by Gasteiger charge is 2.02. The fourth-order valence-corrected chi connectivity index (χ4v) is 1.96. The second kappa shape index (κ2) is 4.08. The normalized spacial score (nSPS) is 10.3. The van der Waals surface area contributed by atoms with Crippen LogP contribution < -0.4 is 11.1 Å². The number of aryl methyl sites for hydroxylation is 1. The maximum Gasteiger partial charge on any atom is 0.189 e. The molecule has 0 saturated heterocycles. The zero-order valence-corrected chi connectivity index (χ0v) is 9.69. The number of nitrogens with one attached hydrogen (secondary N) is 1. The number of nitrogen functional groups attached to an aromatic ring is 1. The highest BCUT2D eigenvalue weighted by atomic mass is 35.5. The lowest BCUT2D eigenvalue weighted by molar-refractivity contribution is 1.37. The number of nitrogens with two attached hydrogens (primary N) is 1. The first-order valence-electron chi connectivity index (χ1n) is 4.39. The molecule has 5 heteroatoms. The van der Waals surface area contributed by atoms with Crippen molar-refractivity contribution in [1.29, 1.82) is 0 Å². The molecule has 0 bridgehead atoms. The van der Waals surface area contributed by atoms with Crippen molar-refractivity contribution in [3.63, 3.8) is 0 Å². The number of nitrogens with zero attached hydrogens (tertiary/aromatic N) is 1. The third-order valence-corrected chi connectivity index (χ3v) is 2.94. The average Bonchev–Trinajstić information content (AvgIpc) is 2.58. The lowest BCUT2D eigenvalue weighted by atomic mass is 10.2. The predicted octanol–water partition coefficient (Wildman–Crippen LogP) is 3.43. The van der Waals surface area contributed by atoms with E-state index in [1.54, 1.807) is 6.20 Å². The molecule has 15 heavy (non-hydrogen) atoms. The molecule has 3 N–H and O–H groups in total. The number of aromatic nitrogens is 1. The van der Waals surface area contributed by atoms with Crippen LogP contribution in [0.15, 0.2) is 24.4 Å². The van der Waals surface area contributed by atoms with Crippen LogP contribution in [-0.2, 0) is 0 Å². The van der Waals surface area contributed by atoms with Crippen molar-refractivity contribution in [3.8, 4) is 0 Å². The smallest absolute Gasteiger partial charge is 0.189 e. The third kappa shape index (κ3) is 2.40. The number of rotatable bonds is 2. The van der Waals surface area contributed by atoms with Crippen LogP contribution in [0, 0.1) is 6.92 Å². The SMILES string of the molecule is Cc1ccc(Cl)cc1Nc1ncc(N)s1. The van der Waals surface area contributed by atoms with Gasteiger partial charge in [0.05, 0.1) is 6.20 Å². The molecule has 0 atom stereocenters. The Labute approximate surface area is 96.9 Å². The average molecular weight is 240 g/mol. The molecule has 0 unspecified atom stereocenters. The van der Waals surface area contributed by atoms with Crippen molar-refractivity contribution in [2.24, 2.45) is 0 Å². The van der Waals surface area contributed by atoms with Crippen LogP contribution in [0.5, 0.6) is 0 Å². The Bertz CT molecular complexity index is 481. The van der Waals surface area contributed by atoms with Crippen LogP contribution in [0.1, 0.15) is 5.56 Å². The molecule has 1 heterocycles. The Kier molecular flexibility index (Phi) is 2.79. The van der Waals surface area contributed by atoms with Crippen LogP contribution in [0.2, 0.25) is 5.02 Å². The molecular weight excluding hydrogens is 230 g/mol. The minimum Gasteiger partial charge on any atom is -0.389 e. The van der Waals surface area contributed by atoms with E-state index in [4.69, 9.17) is 17.3 Å². The van der Waals surface area contributed by atoms with Gasteiger partial charge in [0.1, 0.15) is 5.00 Å². The zero-order chi connectivity index (χ0) is 10.8. The van der Waals surface area contributed by atoms with Crippen molar-refractivity contribution >= 4 is 38.8 Å². The van der Waals surface area contributed by atoms with Crippen LogP contribution in [0.3, 0.4) is 0 Å². The molecule has 1 aromatic carbocycles. The third-order valence-electron chi connectivity index (χ3n) is 1.96. The van der Waals surface area contributed by atoms with Crippen molar-refractivity contribution < 1.29 is 0 Å². The van der Waals surface area contributed by atoms with Crippen molar-refractivity contribution in [2.45, 2.75) is 6.92 Å². The van der Waals surface area contributed by atoms with E-state index in [9.17, 15) is 0 Å². The summed E-state index contributed by atoms with van der Waals surface area (Å²) in [6.07, 6.45) is 1.63. The molecule has 1 aromatic heterocycles. The van der Waals surface area contributed by atoms with Crippen molar-refractivity contribution in [2.75, 3.05) is 11.1 Å². The lowest BCUT2D eigenvalue weighted by Gasteiger charge is -2.06. The van der Waals surface area contributed by atoms with Gasteiger partial charge in [0, 0.05) is 10.7 Å². The van der Waals surface area contributed by atoms with E-state index in [0.717, 1.165) is 16.4 Å². The maximum absolute atomic E-state index is 5.91. The van der Waals surface area contributed by atoms with Gasteiger partial charge in [-0.15, -0.1) is 0 Å². The molecule has 0 radical (unpaired) electrons. The summed E-state index contributed by atoms with van der Waals surface area (Å²) < 4.78 is 0. The van der Waals surface area contributed by atoms with E-state index in [1.165, 1.54) is 11.3 Å². The van der Waals surface area contributed by atoms with Crippen molar-refractivity contribution in [1.82, 2.24) is 4.98 Å². The Balaban J connectivity index is 2.27. The molecule has 0 aliphatic carbocycles. The molecule has 78 valence electrons. The van der Waals surface area contributed by atoms with E-state index >= 15 is 0 Å². The first kappa shape index (κ1) is 10.3. The molecule has 3 nitrogen and oxygen atoms in total. The number of halogens is 1. The number of hydrogen-bond acceptors (Lipinski definition) is 4. The molecule has 0 spiro atoms. The van der Waals surface area contributed by atoms with E-state index in [-0.39, 0.29) is 0 Å². The number of benzene rings is 1. The molecule has 2 aromatic rings. The van der Waals surface area contributed by atoms with Crippen LogP contribution in [0.4, 0.5) is 15.8 Å². The van der Waals surface area contributed by atoms with Gasteiger partial charge in [-0.2, -0.15) is 0 Å². The molecule has 0 saturated carbocycles. The fraction of sp³-hybridized carbons (Fsp3) is 0.100. The molecule has 0 fully saturated rings. The van der Waals surface area contributed by atoms with Gasteiger partial charge in [-0.25, -0.2) is 4.98 Å². The monoisotopic (exact) mass is 239 g/mol. The molecular formula is C10H10ClN3S. The van der Waals surface area contributed by atoms with E-state index in [2.05, 4.69) is 10.3 Å². The summed E-state index contributed by atoms with van der Waals surface area (Å²) in [5.41, 5.74) is 7.66. The number of anilines is 3. The van der Waals surface area contributed by atoms with Gasteiger partial charge in [-0.05, 0) is 24.6 Å². The van der Waals surface area contributed by atoms with Gasteiger partial charge < -0.3 is 11.1 Å². The van der Waals surface area contributed by atoms with Gasteiger partial charge in [0.25, 0.3) is 0 Å². The first-order chi connectivity index (χ1) is 7.15. The van der Waals surface area contributed by atoms with Gasteiger partial charge in [0.2, 0.25) is 0 Å².